The molecule has 0 aliphatic heterocycles. The van der Waals surface area contributed by atoms with E-state index in [1.807, 2.05) is 6.26 Å². The van der Waals surface area contributed by atoms with Gasteiger partial charge in [-0.05, 0) is 18.4 Å². The number of hydrogen-bond donors (Lipinski definition) is 3. The Balaban J connectivity index is 3.73. The molecule has 4 nitrogen and oxygen atoms in total. The van der Waals surface area contributed by atoms with Gasteiger partial charge in [-0.2, -0.15) is 11.8 Å². The van der Waals surface area contributed by atoms with E-state index in [1.165, 1.54) is 0 Å². The van der Waals surface area contributed by atoms with Gasteiger partial charge in [0.25, 0.3) is 6.43 Å². The SMILES string of the molecule is CSCC[C@H](N)C(=O)NCC(O)C(F)F. The van der Waals surface area contributed by atoms with Gasteiger partial charge in [0.1, 0.15) is 6.10 Å². The van der Waals surface area contributed by atoms with Crippen molar-refractivity contribution in [2.24, 2.45) is 5.73 Å². The van der Waals surface area contributed by atoms with Crippen molar-refractivity contribution < 1.29 is 18.7 Å². The minimum Gasteiger partial charge on any atom is -0.385 e. The molecule has 0 aliphatic carbocycles. The number of nitrogens with two attached hydrogens (primary N) is 1. The number of carbonyl (C=O) groups excluding carboxylic acids is 1. The zero-order valence-corrected chi connectivity index (χ0v) is 9.27. The second-order valence-corrected chi connectivity index (χ2v) is 4.02. The van der Waals surface area contributed by atoms with Crippen LogP contribution in [0.3, 0.4) is 0 Å². The number of aliphatic hydroxyl groups is 1. The first-order valence-corrected chi connectivity index (χ1v) is 5.86. The van der Waals surface area contributed by atoms with E-state index in [2.05, 4.69) is 5.32 Å². The molecule has 15 heavy (non-hydrogen) atoms. The summed E-state index contributed by atoms with van der Waals surface area (Å²) in [5.41, 5.74) is 5.47. The lowest BCUT2D eigenvalue weighted by Gasteiger charge is -2.14. The molecule has 0 aromatic heterocycles. The van der Waals surface area contributed by atoms with E-state index in [-0.39, 0.29) is 0 Å². The van der Waals surface area contributed by atoms with Crippen molar-refractivity contribution >= 4 is 17.7 Å². The summed E-state index contributed by atoms with van der Waals surface area (Å²) in [5, 5.41) is 10.9. The molecule has 0 saturated carbocycles. The summed E-state index contributed by atoms with van der Waals surface area (Å²) in [6.07, 6.45) is -2.32. The van der Waals surface area contributed by atoms with Gasteiger partial charge in [-0.15, -0.1) is 0 Å². The molecule has 0 bridgehead atoms. The summed E-state index contributed by atoms with van der Waals surface area (Å²) < 4.78 is 23.7. The average Bonchev–Trinajstić information content (AvgIpc) is 2.21. The zero-order valence-electron chi connectivity index (χ0n) is 8.45. The lowest BCUT2D eigenvalue weighted by atomic mass is 10.2. The fourth-order valence-corrected chi connectivity index (χ4v) is 1.29. The number of thioether (sulfide) groups is 1. The Labute approximate surface area is 91.6 Å². The molecule has 0 saturated heterocycles. The van der Waals surface area contributed by atoms with Gasteiger partial charge in [-0.1, -0.05) is 0 Å². The van der Waals surface area contributed by atoms with Crippen molar-refractivity contribution in [1.29, 1.82) is 0 Å². The number of nitrogens with one attached hydrogen (secondary N) is 1. The highest BCUT2D eigenvalue weighted by molar-refractivity contribution is 7.98. The third kappa shape index (κ3) is 6.64. The Bertz CT molecular complexity index is 195. The van der Waals surface area contributed by atoms with Gasteiger partial charge in [-0.25, -0.2) is 8.78 Å². The molecule has 0 spiro atoms. The normalized spacial score (nSPS) is 15.1. The van der Waals surface area contributed by atoms with Crippen LogP contribution in [-0.4, -0.2) is 48.1 Å². The molecule has 0 aromatic carbocycles. The average molecular weight is 242 g/mol. The monoisotopic (exact) mass is 242 g/mol. The second-order valence-electron chi connectivity index (χ2n) is 3.03. The number of aliphatic hydroxyl groups excluding tert-OH is 1. The maximum absolute atomic E-state index is 11.8. The Morgan fingerprint density at radius 3 is 2.67 bits per heavy atom. The van der Waals surface area contributed by atoms with Crippen LogP contribution in [0.2, 0.25) is 0 Å². The quantitative estimate of drug-likeness (QED) is 0.578. The van der Waals surface area contributed by atoms with E-state index in [4.69, 9.17) is 10.8 Å². The molecule has 7 heteroatoms. The van der Waals surface area contributed by atoms with Crippen LogP contribution in [0.1, 0.15) is 6.42 Å². The Morgan fingerprint density at radius 2 is 2.20 bits per heavy atom. The first-order valence-electron chi connectivity index (χ1n) is 4.47. The largest absolute Gasteiger partial charge is 0.385 e. The van der Waals surface area contributed by atoms with E-state index < -0.39 is 31.0 Å². The van der Waals surface area contributed by atoms with Gasteiger partial charge >= 0.3 is 0 Å². The molecule has 0 fully saturated rings. The predicted octanol–water partition coefficient (Wildman–Crippen LogP) is -0.191. The van der Waals surface area contributed by atoms with Crippen molar-refractivity contribution in [3.63, 3.8) is 0 Å². The summed E-state index contributed by atoms with van der Waals surface area (Å²) >= 11 is 1.55. The van der Waals surface area contributed by atoms with Crippen LogP contribution >= 0.6 is 11.8 Å². The van der Waals surface area contributed by atoms with Gasteiger partial charge in [0.15, 0.2) is 0 Å². The fourth-order valence-electron chi connectivity index (χ4n) is 0.801. The molecule has 2 atom stereocenters. The molecular formula is C8H16F2N2O2S. The molecule has 0 rings (SSSR count). The highest BCUT2D eigenvalue weighted by atomic mass is 32.2. The van der Waals surface area contributed by atoms with E-state index in [1.54, 1.807) is 11.8 Å². The van der Waals surface area contributed by atoms with Gasteiger partial charge in [-0.3, -0.25) is 4.79 Å². The number of halogens is 2. The summed E-state index contributed by atoms with van der Waals surface area (Å²) in [4.78, 5) is 11.2. The maximum Gasteiger partial charge on any atom is 0.265 e. The Morgan fingerprint density at radius 1 is 1.60 bits per heavy atom. The molecule has 4 N–H and O–H groups in total. The topological polar surface area (TPSA) is 75.4 Å². The van der Waals surface area contributed by atoms with Crippen molar-refractivity contribution in [2.75, 3.05) is 18.6 Å². The zero-order chi connectivity index (χ0) is 11.8. The standard InChI is InChI=1S/C8H16F2N2O2S/c1-15-3-2-5(11)8(14)12-4-6(13)7(9)10/h5-7,13H,2-4,11H2,1H3,(H,12,14)/t5-,6?/m0/s1. The summed E-state index contributed by atoms with van der Waals surface area (Å²) in [7, 11) is 0. The highest BCUT2D eigenvalue weighted by Gasteiger charge is 2.19. The first kappa shape index (κ1) is 14.6. The van der Waals surface area contributed by atoms with Crippen LogP contribution in [0, 0.1) is 0 Å². The van der Waals surface area contributed by atoms with Crippen LogP contribution in [0.5, 0.6) is 0 Å². The first-order chi connectivity index (χ1) is 6.99. The maximum atomic E-state index is 11.8. The number of alkyl halides is 2. The number of hydrogen-bond acceptors (Lipinski definition) is 4. The Hall–Kier alpha value is -0.400. The minimum atomic E-state index is -2.85. The van der Waals surface area contributed by atoms with Crippen molar-refractivity contribution in [1.82, 2.24) is 5.32 Å². The fraction of sp³-hybridized carbons (Fsp3) is 0.875. The molecule has 0 aromatic rings. The summed E-state index contributed by atoms with van der Waals surface area (Å²) in [6, 6.07) is -0.706. The van der Waals surface area contributed by atoms with Crippen LogP contribution in [0.25, 0.3) is 0 Å². The highest BCUT2D eigenvalue weighted by Crippen LogP contribution is 2.00. The molecule has 0 radical (unpaired) electrons. The van der Waals surface area contributed by atoms with Crippen LogP contribution in [0.15, 0.2) is 0 Å². The minimum absolute atomic E-state index is 0.469. The molecule has 1 amide bonds. The van der Waals surface area contributed by atoms with E-state index in [0.29, 0.717) is 6.42 Å². The van der Waals surface area contributed by atoms with Gasteiger partial charge in [0.2, 0.25) is 5.91 Å². The van der Waals surface area contributed by atoms with Gasteiger partial charge in [0.05, 0.1) is 6.04 Å². The predicted molar refractivity (Wildman–Crippen MR) is 56.0 cm³/mol. The van der Waals surface area contributed by atoms with Crippen LogP contribution < -0.4 is 11.1 Å². The third-order valence-corrected chi connectivity index (χ3v) is 2.39. The van der Waals surface area contributed by atoms with Crippen molar-refractivity contribution in [3.8, 4) is 0 Å². The van der Waals surface area contributed by atoms with E-state index in [9.17, 15) is 13.6 Å². The molecule has 1 unspecified atom stereocenters. The Kier molecular flexibility index (Phi) is 7.63. The van der Waals surface area contributed by atoms with Crippen molar-refractivity contribution in [3.05, 3.63) is 0 Å². The summed E-state index contributed by atoms with van der Waals surface area (Å²) in [5.74, 6) is 0.218. The molecule has 90 valence electrons. The van der Waals surface area contributed by atoms with E-state index in [0.717, 1.165) is 5.75 Å². The second kappa shape index (κ2) is 7.84. The number of amides is 1. The van der Waals surface area contributed by atoms with Crippen LogP contribution in [-0.2, 0) is 4.79 Å². The smallest absolute Gasteiger partial charge is 0.265 e. The molecule has 0 aliphatic rings. The van der Waals surface area contributed by atoms with E-state index >= 15 is 0 Å². The molecular weight excluding hydrogens is 226 g/mol. The van der Waals surface area contributed by atoms with Gasteiger partial charge < -0.3 is 16.2 Å². The van der Waals surface area contributed by atoms with Crippen LogP contribution in [0.4, 0.5) is 8.78 Å². The summed E-state index contributed by atoms with van der Waals surface area (Å²) in [6.45, 7) is -0.469. The van der Waals surface area contributed by atoms with Gasteiger partial charge in [0, 0.05) is 6.54 Å². The lowest BCUT2D eigenvalue weighted by molar-refractivity contribution is -0.123. The third-order valence-electron chi connectivity index (χ3n) is 1.75. The van der Waals surface area contributed by atoms with Crippen molar-refractivity contribution in [2.45, 2.75) is 25.0 Å². The lowest BCUT2D eigenvalue weighted by Crippen LogP contribution is -2.44. The molecule has 0 heterocycles. The number of carbonyl (C=O) groups is 1. The number of rotatable bonds is 7.